The first-order valence-corrected chi connectivity index (χ1v) is 6.59. The number of hydrogen-bond donors (Lipinski definition) is 1. The van der Waals surface area contributed by atoms with Crippen molar-refractivity contribution in [3.63, 3.8) is 0 Å². The number of halogens is 1. The van der Waals surface area contributed by atoms with Crippen LogP contribution in [0.3, 0.4) is 0 Å². The van der Waals surface area contributed by atoms with E-state index in [0.717, 1.165) is 28.4 Å². The predicted octanol–water partition coefficient (Wildman–Crippen LogP) is 3.63. The molecule has 0 spiro atoms. The molecule has 0 heterocycles. The third-order valence-corrected chi connectivity index (χ3v) is 3.91. The van der Waals surface area contributed by atoms with Crippen molar-refractivity contribution in [1.29, 1.82) is 0 Å². The van der Waals surface area contributed by atoms with Crippen molar-refractivity contribution in [2.24, 2.45) is 0 Å². The van der Waals surface area contributed by atoms with E-state index in [-0.39, 0.29) is 0 Å². The largest absolute Gasteiger partial charge is 0.384 e. The van der Waals surface area contributed by atoms with Crippen LogP contribution in [0.5, 0.6) is 0 Å². The van der Waals surface area contributed by atoms with Crippen LogP contribution in [0, 0.1) is 0 Å². The van der Waals surface area contributed by atoms with E-state index in [1.165, 1.54) is 11.1 Å². The molecule has 1 aliphatic rings. The summed E-state index contributed by atoms with van der Waals surface area (Å²) < 4.78 is 1.02. The molecule has 1 atom stereocenters. The van der Waals surface area contributed by atoms with E-state index in [4.69, 9.17) is 0 Å². The molecule has 1 nitrogen and oxygen atoms in total. The van der Waals surface area contributed by atoms with E-state index >= 15 is 0 Å². The molecule has 2 aromatic carbocycles. The Bertz CT molecular complexity index is 563. The predicted molar refractivity (Wildman–Crippen MR) is 72.1 cm³/mol. The topological polar surface area (TPSA) is 20.2 Å². The van der Waals surface area contributed by atoms with Gasteiger partial charge in [0.1, 0.15) is 6.10 Å². The van der Waals surface area contributed by atoms with Gasteiger partial charge in [0.25, 0.3) is 0 Å². The monoisotopic (exact) mass is 288 g/mol. The molecular weight excluding hydrogens is 276 g/mol. The molecule has 1 aliphatic carbocycles. The maximum atomic E-state index is 10.5. The number of aryl methyl sites for hydroxylation is 2. The molecule has 17 heavy (non-hydrogen) atoms. The van der Waals surface area contributed by atoms with Gasteiger partial charge in [-0.1, -0.05) is 46.3 Å². The summed E-state index contributed by atoms with van der Waals surface area (Å²) in [6.45, 7) is 0. The first-order chi connectivity index (χ1) is 8.25. The Morgan fingerprint density at radius 1 is 0.941 bits per heavy atom. The van der Waals surface area contributed by atoms with Crippen LogP contribution in [0.15, 0.2) is 46.9 Å². The molecule has 0 amide bonds. The second kappa shape index (κ2) is 4.28. The highest BCUT2D eigenvalue weighted by molar-refractivity contribution is 9.10. The van der Waals surface area contributed by atoms with Crippen LogP contribution in [-0.2, 0) is 12.8 Å². The van der Waals surface area contributed by atoms with Crippen LogP contribution in [-0.4, -0.2) is 5.11 Å². The van der Waals surface area contributed by atoms with Gasteiger partial charge < -0.3 is 5.11 Å². The number of benzene rings is 2. The zero-order valence-electron chi connectivity index (χ0n) is 9.36. The van der Waals surface area contributed by atoms with Gasteiger partial charge in [0.05, 0.1) is 0 Å². The fourth-order valence-corrected chi connectivity index (χ4v) is 2.89. The quantitative estimate of drug-likeness (QED) is 0.785. The number of aliphatic hydroxyl groups excluding tert-OH is 1. The first kappa shape index (κ1) is 11.0. The lowest BCUT2D eigenvalue weighted by Gasteiger charge is -2.14. The van der Waals surface area contributed by atoms with Gasteiger partial charge in [0.2, 0.25) is 0 Å². The first-order valence-electron chi connectivity index (χ1n) is 5.80. The average Bonchev–Trinajstić information content (AvgIpc) is 2.49. The fourth-order valence-electron chi connectivity index (χ4n) is 2.51. The van der Waals surface area contributed by atoms with Gasteiger partial charge in [0.15, 0.2) is 0 Å². The molecule has 2 aromatic rings. The molecule has 0 saturated carbocycles. The Balaban J connectivity index is 2.18. The Morgan fingerprint density at radius 3 is 2.47 bits per heavy atom. The standard InChI is InChI=1S/C15H13BrO/c16-12-8-7-11-6-5-10-3-1-2-4-13(10)15(17)14(11)9-12/h1-4,7-9,15,17H,5-6H2. The van der Waals surface area contributed by atoms with Gasteiger partial charge >= 0.3 is 0 Å². The Kier molecular flexibility index (Phi) is 2.77. The lowest BCUT2D eigenvalue weighted by atomic mass is 9.97. The van der Waals surface area contributed by atoms with E-state index in [9.17, 15) is 5.11 Å². The summed E-state index contributed by atoms with van der Waals surface area (Å²) in [5, 5.41) is 10.5. The number of rotatable bonds is 0. The van der Waals surface area contributed by atoms with Crippen LogP contribution in [0.4, 0.5) is 0 Å². The molecular formula is C15H13BrO. The number of aliphatic hydroxyl groups is 1. The minimum atomic E-state index is -0.499. The van der Waals surface area contributed by atoms with Crippen molar-refractivity contribution in [2.45, 2.75) is 18.9 Å². The second-order valence-electron chi connectivity index (χ2n) is 4.44. The summed E-state index contributed by atoms with van der Waals surface area (Å²) in [6, 6.07) is 14.3. The van der Waals surface area contributed by atoms with Crippen molar-refractivity contribution in [3.05, 3.63) is 69.2 Å². The van der Waals surface area contributed by atoms with Gasteiger partial charge in [-0.2, -0.15) is 0 Å². The van der Waals surface area contributed by atoms with Crippen LogP contribution < -0.4 is 0 Å². The summed E-state index contributed by atoms with van der Waals surface area (Å²) in [6.07, 6.45) is 1.50. The fraction of sp³-hybridized carbons (Fsp3) is 0.200. The Labute approximate surface area is 109 Å². The van der Waals surface area contributed by atoms with E-state index in [1.807, 2.05) is 30.3 Å². The summed E-state index contributed by atoms with van der Waals surface area (Å²) in [5.74, 6) is 0. The van der Waals surface area contributed by atoms with Gasteiger partial charge in [-0.15, -0.1) is 0 Å². The van der Waals surface area contributed by atoms with Gasteiger partial charge in [0, 0.05) is 4.47 Å². The van der Waals surface area contributed by atoms with Gasteiger partial charge in [-0.05, 0) is 47.2 Å². The van der Waals surface area contributed by atoms with Gasteiger partial charge in [-0.3, -0.25) is 0 Å². The van der Waals surface area contributed by atoms with Gasteiger partial charge in [-0.25, -0.2) is 0 Å². The van der Waals surface area contributed by atoms with E-state index in [1.54, 1.807) is 0 Å². The smallest absolute Gasteiger partial charge is 0.105 e. The van der Waals surface area contributed by atoms with Crippen molar-refractivity contribution >= 4 is 15.9 Å². The van der Waals surface area contributed by atoms with Crippen molar-refractivity contribution in [1.82, 2.24) is 0 Å². The maximum Gasteiger partial charge on any atom is 0.105 e. The van der Waals surface area contributed by atoms with Crippen molar-refractivity contribution < 1.29 is 5.11 Å². The molecule has 0 aliphatic heterocycles. The Morgan fingerprint density at radius 2 is 1.65 bits per heavy atom. The molecule has 86 valence electrons. The molecule has 1 N–H and O–H groups in total. The maximum absolute atomic E-state index is 10.5. The van der Waals surface area contributed by atoms with Crippen molar-refractivity contribution in [3.8, 4) is 0 Å². The van der Waals surface area contributed by atoms with E-state index in [0.29, 0.717) is 0 Å². The molecule has 0 aromatic heterocycles. The summed E-state index contributed by atoms with van der Waals surface area (Å²) >= 11 is 3.47. The molecule has 0 saturated heterocycles. The zero-order chi connectivity index (χ0) is 11.8. The second-order valence-corrected chi connectivity index (χ2v) is 5.36. The minimum absolute atomic E-state index is 0.499. The third kappa shape index (κ3) is 1.92. The molecule has 1 unspecified atom stereocenters. The van der Waals surface area contributed by atoms with E-state index in [2.05, 4.69) is 28.1 Å². The summed E-state index contributed by atoms with van der Waals surface area (Å²) in [7, 11) is 0. The Hall–Kier alpha value is -1.12. The van der Waals surface area contributed by atoms with Crippen molar-refractivity contribution in [2.75, 3.05) is 0 Å². The molecule has 0 bridgehead atoms. The number of hydrogen-bond acceptors (Lipinski definition) is 1. The highest BCUT2D eigenvalue weighted by Crippen LogP contribution is 2.33. The highest BCUT2D eigenvalue weighted by Gasteiger charge is 2.21. The number of fused-ring (bicyclic) bond motifs is 2. The lowest BCUT2D eigenvalue weighted by Crippen LogP contribution is -2.02. The molecule has 3 rings (SSSR count). The van der Waals surface area contributed by atoms with Crippen LogP contribution in [0.1, 0.15) is 28.4 Å². The zero-order valence-corrected chi connectivity index (χ0v) is 10.9. The summed E-state index contributed by atoms with van der Waals surface area (Å²) in [4.78, 5) is 0. The molecule has 2 heteroatoms. The van der Waals surface area contributed by atoms with Crippen LogP contribution in [0.2, 0.25) is 0 Å². The normalized spacial score (nSPS) is 18.1. The molecule has 0 radical (unpaired) electrons. The molecule has 0 fully saturated rings. The average molecular weight is 289 g/mol. The third-order valence-electron chi connectivity index (χ3n) is 3.42. The SMILES string of the molecule is OC1c2ccccc2CCc2ccc(Br)cc21. The van der Waals surface area contributed by atoms with Crippen LogP contribution in [0.25, 0.3) is 0 Å². The van der Waals surface area contributed by atoms with E-state index < -0.39 is 6.10 Å². The highest BCUT2D eigenvalue weighted by atomic mass is 79.9. The lowest BCUT2D eigenvalue weighted by molar-refractivity contribution is 0.219. The summed E-state index contributed by atoms with van der Waals surface area (Å²) in [5.41, 5.74) is 4.58. The minimum Gasteiger partial charge on any atom is -0.384 e. The van der Waals surface area contributed by atoms with Crippen LogP contribution >= 0.6 is 15.9 Å².